The Bertz CT molecular complexity index is 1030. The molecule has 1 saturated heterocycles. The Morgan fingerprint density at radius 1 is 1.17 bits per heavy atom. The Morgan fingerprint density at radius 2 is 1.97 bits per heavy atom. The van der Waals surface area contributed by atoms with Crippen molar-refractivity contribution >= 4 is 33.0 Å². The van der Waals surface area contributed by atoms with Gasteiger partial charge < -0.3 is 25.2 Å². The van der Waals surface area contributed by atoms with Crippen molar-refractivity contribution in [2.24, 2.45) is 0 Å². The lowest BCUT2D eigenvalue weighted by molar-refractivity contribution is -0.180. The predicted molar refractivity (Wildman–Crippen MR) is 114 cm³/mol. The second-order valence-corrected chi connectivity index (χ2v) is 9.17. The number of hydrogen-bond donors (Lipinski definition) is 4. The van der Waals surface area contributed by atoms with Crippen molar-refractivity contribution in [1.82, 2.24) is 0 Å². The number of aliphatic hydroxyl groups excluding tert-OH is 3. The van der Waals surface area contributed by atoms with Crippen molar-refractivity contribution in [1.29, 1.82) is 0 Å². The minimum atomic E-state index is -1.18. The molecular weight excluding hydrogens is 412 g/mol. The number of phenols is 1. The first-order valence-electron chi connectivity index (χ1n) is 9.48. The Labute approximate surface area is 177 Å². The van der Waals surface area contributed by atoms with Gasteiger partial charge in [-0.1, -0.05) is 11.6 Å². The van der Waals surface area contributed by atoms with Gasteiger partial charge in [0.05, 0.1) is 18.8 Å². The van der Waals surface area contributed by atoms with Crippen LogP contribution in [-0.4, -0.2) is 45.3 Å². The highest BCUT2D eigenvalue weighted by atomic mass is 35.5. The molecule has 0 spiro atoms. The maximum absolute atomic E-state index is 10.5. The third-order valence-corrected chi connectivity index (χ3v) is 6.79. The molecule has 4 atom stereocenters. The first-order valence-corrected chi connectivity index (χ1v) is 10.7. The molecule has 7 heteroatoms. The minimum Gasteiger partial charge on any atom is -0.508 e. The normalized spacial score (nSPS) is 24.9. The SMILES string of the molecule is Cc1cc(O)c(C2OC(CO)CC(O)C2O)cc1Cc1cc2cc(Cl)ccc2s1. The molecule has 0 amide bonds. The van der Waals surface area contributed by atoms with Crippen LogP contribution in [0.4, 0.5) is 0 Å². The number of thiophene rings is 1. The molecule has 4 unspecified atom stereocenters. The molecule has 4 N–H and O–H groups in total. The molecule has 154 valence electrons. The van der Waals surface area contributed by atoms with E-state index in [1.165, 1.54) is 0 Å². The largest absolute Gasteiger partial charge is 0.508 e. The highest BCUT2D eigenvalue weighted by molar-refractivity contribution is 7.19. The molecule has 0 aliphatic carbocycles. The zero-order valence-electron chi connectivity index (χ0n) is 15.9. The summed E-state index contributed by atoms with van der Waals surface area (Å²) in [4.78, 5) is 1.15. The average Bonchev–Trinajstić information content (AvgIpc) is 3.07. The van der Waals surface area contributed by atoms with Gasteiger partial charge >= 0.3 is 0 Å². The van der Waals surface area contributed by atoms with E-state index in [-0.39, 0.29) is 18.8 Å². The number of halogens is 1. The Kier molecular flexibility index (Phi) is 5.84. The van der Waals surface area contributed by atoms with Gasteiger partial charge in [0.2, 0.25) is 0 Å². The summed E-state index contributed by atoms with van der Waals surface area (Å²) >= 11 is 7.77. The number of aryl methyl sites for hydroxylation is 1. The lowest BCUT2D eigenvalue weighted by Crippen LogP contribution is -2.44. The molecule has 1 aromatic heterocycles. The summed E-state index contributed by atoms with van der Waals surface area (Å²) < 4.78 is 6.91. The summed E-state index contributed by atoms with van der Waals surface area (Å²) in [6.07, 6.45) is -2.89. The van der Waals surface area contributed by atoms with E-state index in [9.17, 15) is 20.4 Å². The van der Waals surface area contributed by atoms with Gasteiger partial charge in [0.15, 0.2) is 0 Å². The van der Waals surface area contributed by atoms with Gasteiger partial charge in [0.1, 0.15) is 18.0 Å². The van der Waals surface area contributed by atoms with Crippen molar-refractivity contribution in [3.8, 4) is 5.75 Å². The first kappa shape index (κ1) is 20.6. The maximum atomic E-state index is 10.5. The Hall–Kier alpha value is -1.67. The fraction of sp³-hybridized carbons (Fsp3) is 0.364. The van der Waals surface area contributed by atoms with Crippen LogP contribution in [0, 0.1) is 6.92 Å². The third-order valence-electron chi connectivity index (χ3n) is 5.44. The topological polar surface area (TPSA) is 90.2 Å². The van der Waals surface area contributed by atoms with E-state index < -0.39 is 24.4 Å². The molecule has 1 aliphatic heterocycles. The fourth-order valence-electron chi connectivity index (χ4n) is 3.85. The summed E-state index contributed by atoms with van der Waals surface area (Å²) in [5.41, 5.74) is 2.33. The van der Waals surface area contributed by atoms with Crippen LogP contribution < -0.4 is 0 Å². The van der Waals surface area contributed by atoms with Crippen molar-refractivity contribution in [2.75, 3.05) is 6.61 Å². The van der Waals surface area contributed by atoms with Gasteiger partial charge in [-0.3, -0.25) is 0 Å². The van der Waals surface area contributed by atoms with Crippen molar-refractivity contribution in [3.63, 3.8) is 0 Å². The standard InChI is InChI=1S/C22H23ClO5S/c1-11-4-18(25)17(22-21(27)19(26)9-15(10-24)28-22)8-12(11)6-16-7-13-5-14(23)2-3-20(13)29-16/h2-5,7-8,15,19,21-22,24-27H,6,9-10H2,1H3. The summed E-state index contributed by atoms with van der Waals surface area (Å²) in [6.45, 7) is 1.66. The van der Waals surface area contributed by atoms with Crippen LogP contribution in [0.1, 0.15) is 34.1 Å². The molecular formula is C22H23ClO5S. The van der Waals surface area contributed by atoms with Crippen LogP contribution in [0.2, 0.25) is 5.02 Å². The molecule has 2 heterocycles. The lowest BCUT2D eigenvalue weighted by atomic mass is 9.90. The molecule has 3 aromatic rings. The number of hydrogen-bond acceptors (Lipinski definition) is 6. The fourth-order valence-corrected chi connectivity index (χ4v) is 5.10. The van der Waals surface area contributed by atoms with Crippen molar-refractivity contribution in [2.45, 2.75) is 44.2 Å². The van der Waals surface area contributed by atoms with E-state index in [0.29, 0.717) is 17.0 Å². The molecule has 0 bridgehead atoms. The molecule has 0 saturated carbocycles. The zero-order chi connectivity index (χ0) is 20.7. The van der Waals surface area contributed by atoms with E-state index in [0.717, 1.165) is 26.1 Å². The number of aromatic hydroxyl groups is 1. The summed E-state index contributed by atoms with van der Waals surface area (Å²) in [7, 11) is 0. The van der Waals surface area contributed by atoms with Gasteiger partial charge in [0.25, 0.3) is 0 Å². The third kappa shape index (κ3) is 4.14. The van der Waals surface area contributed by atoms with Crippen LogP contribution in [0.25, 0.3) is 10.1 Å². The van der Waals surface area contributed by atoms with Crippen molar-refractivity contribution < 1.29 is 25.2 Å². The van der Waals surface area contributed by atoms with Crippen LogP contribution in [-0.2, 0) is 11.2 Å². The number of benzene rings is 2. The molecule has 2 aromatic carbocycles. The van der Waals surface area contributed by atoms with E-state index in [1.807, 2.05) is 31.2 Å². The van der Waals surface area contributed by atoms with Gasteiger partial charge in [-0.15, -0.1) is 11.3 Å². The predicted octanol–water partition coefficient (Wildman–Crippen LogP) is 3.70. The van der Waals surface area contributed by atoms with Crippen molar-refractivity contribution in [3.05, 3.63) is 63.0 Å². The lowest BCUT2D eigenvalue weighted by Gasteiger charge is -2.37. The first-order chi connectivity index (χ1) is 13.9. The quantitative estimate of drug-likeness (QED) is 0.502. The highest BCUT2D eigenvalue weighted by Crippen LogP contribution is 2.38. The van der Waals surface area contributed by atoms with Crippen LogP contribution >= 0.6 is 22.9 Å². The number of fused-ring (bicyclic) bond motifs is 1. The van der Waals surface area contributed by atoms with E-state index in [2.05, 4.69) is 6.07 Å². The van der Waals surface area contributed by atoms with Gasteiger partial charge in [-0.05, 0) is 59.8 Å². The Balaban J connectivity index is 1.67. The maximum Gasteiger partial charge on any atom is 0.121 e. The number of phenolic OH excluding ortho intramolecular Hbond substituents is 1. The molecule has 1 aliphatic rings. The molecule has 1 fully saturated rings. The summed E-state index contributed by atoms with van der Waals surface area (Å²) in [5.74, 6) is 0.00390. The van der Waals surface area contributed by atoms with Gasteiger partial charge in [-0.2, -0.15) is 0 Å². The van der Waals surface area contributed by atoms with E-state index in [4.69, 9.17) is 16.3 Å². The van der Waals surface area contributed by atoms with Crippen LogP contribution in [0.5, 0.6) is 5.75 Å². The molecule has 4 rings (SSSR count). The van der Waals surface area contributed by atoms with Crippen LogP contribution in [0.3, 0.4) is 0 Å². The second kappa shape index (κ2) is 8.22. The van der Waals surface area contributed by atoms with E-state index in [1.54, 1.807) is 17.4 Å². The average molecular weight is 435 g/mol. The molecule has 29 heavy (non-hydrogen) atoms. The number of rotatable bonds is 4. The Morgan fingerprint density at radius 3 is 2.72 bits per heavy atom. The van der Waals surface area contributed by atoms with Gasteiger partial charge in [-0.25, -0.2) is 0 Å². The van der Waals surface area contributed by atoms with E-state index >= 15 is 0 Å². The smallest absolute Gasteiger partial charge is 0.121 e. The van der Waals surface area contributed by atoms with Gasteiger partial charge in [0, 0.05) is 33.0 Å². The molecule has 0 radical (unpaired) electrons. The van der Waals surface area contributed by atoms with Crippen LogP contribution in [0.15, 0.2) is 36.4 Å². The zero-order valence-corrected chi connectivity index (χ0v) is 17.5. The molecule has 5 nitrogen and oxygen atoms in total. The monoisotopic (exact) mass is 434 g/mol. The second-order valence-electron chi connectivity index (χ2n) is 7.56. The minimum absolute atomic E-state index is 0.00390. The highest BCUT2D eigenvalue weighted by Gasteiger charge is 2.38. The number of ether oxygens (including phenoxy) is 1. The summed E-state index contributed by atoms with van der Waals surface area (Å²) in [6, 6.07) is 11.4. The summed E-state index contributed by atoms with van der Waals surface area (Å²) in [5, 5.41) is 42.3. The number of aliphatic hydroxyl groups is 3.